The SMILES string of the molecule is COC1=[N+](C)CCCCC1. The Bertz CT molecular complexity index is 140. The highest BCUT2D eigenvalue weighted by Gasteiger charge is 2.13. The summed E-state index contributed by atoms with van der Waals surface area (Å²) in [7, 11) is 3.86. The van der Waals surface area contributed by atoms with E-state index in [-0.39, 0.29) is 0 Å². The molecule has 0 atom stereocenters. The number of nitrogens with zero attached hydrogens (tertiary/aromatic N) is 1. The third-order valence-electron chi connectivity index (χ3n) is 2.05. The van der Waals surface area contributed by atoms with E-state index in [0.717, 1.165) is 18.9 Å². The molecule has 58 valence electrons. The lowest BCUT2D eigenvalue weighted by Crippen LogP contribution is -2.17. The molecule has 0 aromatic carbocycles. The van der Waals surface area contributed by atoms with E-state index < -0.39 is 0 Å². The lowest BCUT2D eigenvalue weighted by atomic mass is 10.2. The Morgan fingerprint density at radius 3 is 2.80 bits per heavy atom. The highest BCUT2D eigenvalue weighted by molar-refractivity contribution is 5.70. The average molecular weight is 142 g/mol. The molecule has 0 fully saturated rings. The van der Waals surface area contributed by atoms with Crippen molar-refractivity contribution in [3.8, 4) is 0 Å². The molecule has 1 aliphatic heterocycles. The fraction of sp³-hybridized carbons (Fsp3) is 0.875. The summed E-state index contributed by atoms with van der Waals surface area (Å²) < 4.78 is 7.44. The van der Waals surface area contributed by atoms with Gasteiger partial charge < -0.3 is 4.74 Å². The normalized spacial score (nSPS) is 20.6. The van der Waals surface area contributed by atoms with Gasteiger partial charge in [0.25, 0.3) is 0 Å². The van der Waals surface area contributed by atoms with Gasteiger partial charge in [-0.2, -0.15) is 0 Å². The minimum atomic E-state index is 1.12. The van der Waals surface area contributed by atoms with E-state index >= 15 is 0 Å². The number of rotatable bonds is 0. The van der Waals surface area contributed by atoms with E-state index in [2.05, 4.69) is 11.6 Å². The number of ether oxygens (including phenoxy) is 1. The molecule has 0 radical (unpaired) electrons. The first-order valence-corrected chi connectivity index (χ1v) is 3.95. The molecule has 0 amide bonds. The molecule has 0 spiro atoms. The van der Waals surface area contributed by atoms with Crippen molar-refractivity contribution in [3.63, 3.8) is 0 Å². The maximum atomic E-state index is 5.23. The van der Waals surface area contributed by atoms with E-state index in [1.165, 1.54) is 19.3 Å². The Hall–Kier alpha value is -0.530. The highest BCUT2D eigenvalue weighted by atomic mass is 16.5. The fourth-order valence-corrected chi connectivity index (χ4v) is 1.38. The van der Waals surface area contributed by atoms with Crippen LogP contribution < -0.4 is 0 Å². The van der Waals surface area contributed by atoms with Gasteiger partial charge in [0.15, 0.2) is 0 Å². The molecule has 2 heteroatoms. The van der Waals surface area contributed by atoms with Crippen LogP contribution in [0.3, 0.4) is 0 Å². The average Bonchev–Trinajstić information content (AvgIpc) is 2.13. The summed E-state index contributed by atoms with van der Waals surface area (Å²) in [6, 6.07) is 0. The zero-order valence-corrected chi connectivity index (χ0v) is 6.89. The Kier molecular flexibility index (Phi) is 2.72. The second-order valence-corrected chi connectivity index (χ2v) is 2.83. The Morgan fingerprint density at radius 2 is 2.10 bits per heavy atom. The minimum Gasteiger partial charge on any atom is -0.451 e. The second kappa shape index (κ2) is 3.59. The summed E-state index contributed by atoms with van der Waals surface area (Å²) >= 11 is 0. The number of hydrogen-bond donors (Lipinski definition) is 0. The maximum absolute atomic E-state index is 5.23. The smallest absolute Gasteiger partial charge is 0.335 e. The van der Waals surface area contributed by atoms with Gasteiger partial charge in [0.1, 0.15) is 13.6 Å². The van der Waals surface area contributed by atoms with Crippen LogP contribution in [0.4, 0.5) is 0 Å². The second-order valence-electron chi connectivity index (χ2n) is 2.83. The topological polar surface area (TPSA) is 12.2 Å². The third-order valence-corrected chi connectivity index (χ3v) is 2.05. The lowest BCUT2D eigenvalue weighted by Gasteiger charge is -1.98. The predicted octanol–water partition coefficient (Wildman–Crippen LogP) is 1.25. The summed E-state index contributed by atoms with van der Waals surface area (Å²) in [6.07, 6.45) is 5.06. The maximum Gasteiger partial charge on any atom is 0.335 e. The van der Waals surface area contributed by atoms with Crippen LogP contribution >= 0.6 is 0 Å². The van der Waals surface area contributed by atoms with E-state index in [1.54, 1.807) is 7.11 Å². The monoisotopic (exact) mass is 142 g/mol. The zero-order chi connectivity index (χ0) is 7.40. The number of hydrogen-bond acceptors (Lipinski definition) is 1. The first-order chi connectivity index (χ1) is 4.84. The van der Waals surface area contributed by atoms with Crippen molar-refractivity contribution in [1.82, 2.24) is 0 Å². The van der Waals surface area contributed by atoms with Gasteiger partial charge in [0.2, 0.25) is 0 Å². The van der Waals surface area contributed by atoms with Crippen molar-refractivity contribution in [2.24, 2.45) is 0 Å². The van der Waals surface area contributed by atoms with E-state index in [9.17, 15) is 0 Å². The van der Waals surface area contributed by atoms with Gasteiger partial charge in [-0.3, -0.25) is 0 Å². The van der Waals surface area contributed by atoms with E-state index in [1.807, 2.05) is 0 Å². The van der Waals surface area contributed by atoms with Crippen molar-refractivity contribution in [3.05, 3.63) is 0 Å². The van der Waals surface area contributed by atoms with Crippen LogP contribution in [-0.4, -0.2) is 31.2 Å². The summed E-state index contributed by atoms with van der Waals surface area (Å²) in [5.74, 6) is 1.15. The van der Waals surface area contributed by atoms with Crippen LogP contribution in [0.1, 0.15) is 25.7 Å². The van der Waals surface area contributed by atoms with Crippen molar-refractivity contribution in [2.75, 3.05) is 20.7 Å². The van der Waals surface area contributed by atoms with Crippen LogP contribution in [0.15, 0.2) is 0 Å². The number of methoxy groups -OCH3 is 1. The Labute approximate surface area is 62.5 Å². The van der Waals surface area contributed by atoms with Crippen molar-refractivity contribution < 1.29 is 9.31 Å². The van der Waals surface area contributed by atoms with Crippen molar-refractivity contribution in [2.45, 2.75) is 25.7 Å². The third kappa shape index (κ3) is 1.72. The quantitative estimate of drug-likeness (QED) is 0.464. The van der Waals surface area contributed by atoms with E-state index in [0.29, 0.717) is 0 Å². The summed E-state index contributed by atoms with van der Waals surface area (Å²) in [5, 5.41) is 0. The van der Waals surface area contributed by atoms with Gasteiger partial charge in [0.05, 0.1) is 13.5 Å². The van der Waals surface area contributed by atoms with Gasteiger partial charge in [-0.15, -0.1) is 0 Å². The molecule has 0 saturated heterocycles. The van der Waals surface area contributed by atoms with Gasteiger partial charge in [-0.05, 0) is 12.8 Å². The van der Waals surface area contributed by atoms with Crippen LogP contribution in [0.25, 0.3) is 0 Å². The molecule has 0 aromatic heterocycles. The predicted molar refractivity (Wildman–Crippen MR) is 41.5 cm³/mol. The molecule has 2 nitrogen and oxygen atoms in total. The summed E-state index contributed by atoms with van der Waals surface area (Å²) in [5.41, 5.74) is 0. The zero-order valence-electron chi connectivity index (χ0n) is 6.89. The molecule has 0 aliphatic carbocycles. The summed E-state index contributed by atoms with van der Waals surface area (Å²) in [6.45, 7) is 1.16. The Morgan fingerprint density at radius 1 is 1.30 bits per heavy atom. The van der Waals surface area contributed by atoms with Gasteiger partial charge in [0, 0.05) is 6.42 Å². The molecule has 1 aliphatic rings. The summed E-state index contributed by atoms with van der Waals surface area (Å²) in [4.78, 5) is 0. The molecular formula is C8H16NO+. The van der Waals surface area contributed by atoms with Crippen molar-refractivity contribution in [1.29, 1.82) is 0 Å². The van der Waals surface area contributed by atoms with Crippen LogP contribution in [0, 0.1) is 0 Å². The van der Waals surface area contributed by atoms with Gasteiger partial charge >= 0.3 is 5.90 Å². The molecule has 0 bridgehead atoms. The molecule has 10 heavy (non-hydrogen) atoms. The highest BCUT2D eigenvalue weighted by Crippen LogP contribution is 2.06. The molecule has 0 saturated carbocycles. The minimum absolute atomic E-state index is 1.12. The molecule has 0 N–H and O–H groups in total. The molecule has 0 unspecified atom stereocenters. The molecular weight excluding hydrogens is 126 g/mol. The molecule has 1 rings (SSSR count). The van der Waals surface area contributed by atoms with E-state index in [4.69, 9.17) is 4.74 Å². The van der Waals surface area contributed by atoms with Gasteiger partial charge in [-0.25, -0.2) is 4.58 Å². The molecule has 1 heterocycles. The van der Waals surface area contributed by atoms with Crippen molar-refractivity contribution >= 4 is 5.90 Å². The first kappa shape index (κ1) is 7.58. The van der Waals surface area contributed by atoms with Crippen LogP contribution in [-0.2, 0) is 4.74 Å². The van der Waals surface area contributed by atoms with Crippen LogP contribution in [0.2, 0.25) is 0 Å². The standard InChI is InChI=1S/C8H16NO/c1-9-7-5-3-4-6-8(9)10-2/h3-7H2,1-2H3/q+1. The largest absolute Gasteiger partial charge is 0.451 e. The van der Waals surface area contributed by atoms with Gasteiger partial charge in [-0.1, -0.05) is 0 Å². The molecule has 0 aromatic rings. The lowest BCUT2D eigenvalue weighted by molar-refractivity contribution is -0.506. The fourth-order valence-electron chi connectivity index (χ4n) is 1.38. The van der Waals surface area contributed by atoms with Crippen LogP contribution in [0.5, 0.6) is 0 Å². The Balaban J connectivity index is 2.58. The first-order valence-electron chi connectivity index (χ1n) is 3.95.